The van der Waals surface area contributed by atoms with Crippen LogP contribution in [0.2, 0.25) is 0 Å². The molecule has 0 atom stereocenters. The van der Waals surface area contributed by atoms with Gasteiger partial charge in [-0.1, -0.05) is 152 Å². The summed E-state index contributed by atoms with van der Waals surface area (Å²) >= 11 is 0. The number of hydrogen-bond acceptors (Lipinski definition) is 1. The van der Waals surface area contributed by atoms with Crippen molar-refractivity contribution in [1.82, 2.24) is 4.57 Å². The standard InChI is InChI=1S/C52H36N2/c1-3-12-37(13-4-1)40-22-28-45(29-23-40)53(47-19-11-18-43(34-47)38-14-5-2-6-15-38)46-30-24-41(25-31-46)44-27-33-52-50(36-44)49-20-9-10-21-51(49)54(52)48-32-26-39-16-7-8-17-42(39)35-48/h1-36H/i24D,25D,30D,31D. The Morgan fingerprint density at radius 3 is 1.70 bits per heavy atom. The van der Waals surface area contributed by atoms with Gasteiger partial charge in [-0.05, 0) is 111 Å². The molecule has 1 aromatic heterocycles. The smallest absolute Gasteiger partial charge is 0.0645 e. The van der Waals surface area contributed by atoms with Crippen LogP contribution in [0, 0.1) is 0 Å². The van der Waals surface area contributed by atoms with Crippen molar-refractivity contribution in [3.8, 4) is 39.1 Å². The highest BCUT2D eigenvalue weighted by molar-refractivity contribution is 6.10. The molecule has 0 aliphatic carbocycles. The van der Waals surface area contributed by atoms with Crippen molar-refractivity contribution in [2.24, 2.45) is 0 Å². The first-order chi connectivity index (χ1) is 28.4. The molecule has 9 aromatic carbocycles. The van der Waals surface area contributed by atoms with Crippen molar-refractivity contribution in [2.75, 3.05) is 4.90 Å². The van der Waals surface area contributed by atoms with Gasteiger partial charge in [-0.2, -0.15) is 0 Å². The van der Waals surface area contributed by atoms with E-state index in [2.05, 4.69) is 77.4 Å². The van der Waals surface area contributed by atoms with Crippen LogP contribution in [0.5, 0.6) is 0 Å². The molecule has 254 valence electrons. The van der Waals surface area contributed by atoms with Crippen LogP contribution >= 0.6 is 0 Å². The molecule has 0 amide bonds. The van der Waals surface area contributed by atoms with Crippen LogP contribution in [0.25, 0.3) is 71.6 Å². The first-order valence-corrected chi connectivity index (χ1v) is 18.2. The van der Waals surface area contributed by atoms with Crippen LogP contribution in [0.15, 0.2) is 218 Å². The summed E-state index contributed by atoms with van der Waals surface area (Å²) in [5.41, 5.74) is 9.75. The summed E-state index contributed by atoms with van der Waals surface area (Å²) in [5.74, 6) is 0. The fourth-order valence-corrected chi connectivity index (χ4v) is 7.58. The lowest BCUT2D eigenvalue weighted by Crippen LogP contribution is -2.10. The highest BCUT2D eigenvalue weighted by atomic mass is 15.1. The number of fused-ring (bicyclic) bond motifs is 4. The molecule has 10 rings (SSSR count). The van der Waals surface area contributed by atoms with Crippen molar-refractivity contribution in [3.63, 3.8) is 0 Å². The van der Waals surface area contributed by atoms with Crippen molar-refractivity contribution < 1.29 is 5.48 Å². The molecule has 0 bridgehead atoms. The zero-order valence-corrected chi connectivity index (χ0v) is 29.4. The first kappa shape index (κ1) is 27.5. The van der Waals surface area contributed by atoms with Crippen LogP contribution in [0.3, 0.4) is 0 Å². The molecule has 1 heterocycles. The van der Waals surface area contributed by atoms with Crippen LogP contribution in [0.1, 0.15) is 5.48 Å². The van der Waals surface area contributed by atoms with Crippen molar-refractivity contribution in [1.29, 1.82) is 0 Å². The molecule has 0 fully saturated rings. The Morgan fingerprint density at radius 1 is 0.333 bits per heavy atom. The Morgan fingerprint density at radius 2 is 0.926 bits per heavy atom. The predicted molar refractivity (Wildman–Crippen MR) is 229 cm³/mol. The second-order valence-electron chi connectivity index (χ2n) is 13.5. The number of nitrogens with zero attached hydrogens (tertiary/aromatic N) is 2. The lowest BCUT2D eigenvalue weighted by Gasteiger charge is -2.26. The molecule has 0 aliphatic rings. The second kappa shape index (κ2) is 13.4. The Labute approximate surface area is 321 Å². The Hall–Kier alpha value is -7.16. The van der Waals surface area contributed by atoms with Gasteiger partial charge in [0.1, 0.15) is 0 Å². The van der Waals surface area contributed by atoms with Gasteiger partial charge < -0.3 is 9.47 Å². The van der Waals surface area contributed by atoms with E-state index in [4.69, 9.17) is 0 Å². The summed E-state index contributed by atoms with van der Waals surface area (Å²) in [7, 11) is 0. The van der Waals surface area contributed by atoms with E-state index in [9.17, 15) is 5.48 Å². The number of hydrogen-bond donors (Lipinski definition) is 0. The monoisotopic (exact) mass is 692 g/mol. The van der Waals surface area contributed by atoms with Crippen LogP contribution < -0.4 is 4.90 Å². The molecule has 10 aromatic rings. The summed E-state index contributed by atoms with van der Waals surface area (Å²) in [6.45, 7) is 0. The van der Waals surface area contributed by atoms with E-state index in [0.29, 0.717) is 5.56 Å². The first-order valence-electron chi connectivity index (χ1n) is 20.2. The Kier molecular flexibility index (Phi) is 6.84. The summed E-state index contributed by atoms with van der Waals surface area (Å²) in [6, 6.07) is 64.9. The highest BCUT2D eigenvalue weighted by Crippen LogP contribution is 2.40. The van der Waals surface area contributed by atoms with Crippen LogP contribution in [0.4, 0.5) is 17.1 Å². The Balaban J connectivity index is 1.13. The minimum atomic E-state index is -0.119. The second-order valence-corrected chi connectivity index (χ2v) is 13.5. The number of rotatable bonds is 7. The molecule has 0 aliphatic heterocycles. The van der Waals surface area contributed by atoms with Gasteiger partial charge in [-0.25, -0.2) is 0 Å². The molecule has 0 N–H and O–H groups in total. The summed E-state index contributed by atoms with van der Waals surface area (Å²) in [4.78, 5) is 1.85. The molecular formula is C52H36N2. The SMILES string of the molecule is [2H]c1c([2H])c(N(c2ccc(-c3ccccc3)cc2)c2cccc(-c3ccccc3)c2)c([2H])c([2H])c1-c1ccc2c(c1)c1ccccc1n2-c1ccc2ccccc2c1. The van der Waals surface area contributed by atoms with E-state index in [0.717, 1.165) is 66.5 Å². The summed E-state index contributed by atoms with van der Waals surface area (Å²) < 4.78 is 40.5. The van der Waals surface area contributed by atoms with Crippen LogP contribution in [-0.2, 0) is 0 Å². The molecule has 0 unspecified atom stereocenters. The summed E-state index contributed by atoms with van der Waals surface area (Å²) in [6.07, 6.45) is 0. The van der Waals surface area contributed by atoms with Gasteiger partial charge in [0.2, 0.25) is 0 Å². The lowest BCUT2D eigenvalue weighted by atomic mass is 10.0. The van der Waals surface area contributed by atoms with Gasteiger partial charge in [-0.3, -0.25) is 0 Å². The van der Waals surface area contributed by atoms with E-state index >= 15 is 0 Å². The molecule has 0 saturated heterocycles. The van der Waals surface area contributed by atoms with E-state index in [1.54, 1.807) is 0 Å². The van der Waals surface area contributed by atoms with Crippen molar-refractivity contribution >= 4 is 49.6 Å². The normalized spacial score (nSPS) is 12.4. The van der Waals surface area contributed by atoms with E-state index in [1.807, 2.05) is 126 Å². The maximum Gasteiger partial charge on any atom is 0.0645 e. The highest BCUT2D eigenvalue weighted by Gasteiger charge is 2.16. The molecule has 0 radical (unpaired) electrons. The molecule has 0 saturated carbocycles. The zero-order chi connectivity index (χ0) is 39.3. The third-order valence-corrected chi connectivity index (χ3v) is 10.2. The van der Waals surface area contributed by atoms with E-state index in [-0.39, 0.29) is 35.4 Å². The average Bonchev–Trinajstić information content (AvgIpc) is 3.61. The molecule has 0 spiro atoms. The van der Waals surface area contributed by atoms with Crippen molar-refractivity contribution in [3.05, 3.63) is 218 Å². The van der Waals surface area contributed by atoms with Gasteiger partial charge in [0, 0.05) is 33.5 Å². The third kappa shape index (κ3) is 5.71. The zero-order valence-electron chi connectivity index (χ0n) is 33.4. The van der Waals surface area contributed by atoms with Gasteiger partial charge in [-0.15, -0.1) is 0 Å². The third-order valence-electron chi connectivity index (χ3n) is 10.2. The predicted octanol–water partition coefficient (Wildman–Crippen LogP) is 14.4. The number of benzene rings is 9. The molecular weight excluding hydrogens is 653 g/mol. The number of anilines is 3. The summed E-state index contributed by atoms with van der Waals surface area (Å²) in [5, 5.41) is 4.34. The molecule has 54 heavy (non-hydrogen) atoms. The maximum absolute atomic E-state index is 9.59. The van der Waals surface area contributed by atoms with Gasteiger partial charge >= 0.3 is 0 Å². The minimum absolute atomic E-state index is 0.0984. The van der Waals surface area contributed by atoms with Crippen LogP contribution in [-0.4, -0.2) is 4.57 Å². The van der Waals surface area contributed by atoms with E-state index in [1.165, 1.54) is 5.39 Å². The van der Waals surface area contributed by atoms with Gasteiger partial charge in [0.15, 0.2) is 0 Å². The Bertz CT molecular complexity index is 3130. The van der Waals surface area contributed by atoms with E-state index < -0.39 is 0 Å². The molecule has 2 nitrogen and oxygen atoms in total. The lowest BCUT2D eigenvalue weighted by molar-refractivity contribution is 1.19. The quantitative estimate of drug-likeness (QED) is 0.161. The fourth-order valence-electron chi connectivity index (χ4n) is 7.58. The largest absolute Gasteiger partial charge is 0.310 e. The maximum atomic E-state index is 9.59. The van der Waals surface area contributed by atoms with Gasteiger partial charge in [0.05, 0.1) is 16.5 Å². The topological polar surface area (TPSA) is 8.17 Å². The van der Waals surface area contributed by atoms with Crippen molar-refractivity contribution in [2.45, 2.75) is 0 Å². The van der Waals surface area contributed by atoms with Gasteiger partial charge in [0.25, 0.3) is 0 Å². The number of aromatic nitrogens is 1. The fraction of sp³-hybridized carbons (Fsp3) is 0. The number of para-hydroxylation sites is 1. The average molecular weight is 693 g/mol. The minimum Gasteiger partial charge on any atom is -0.310 e. The molecule has 2 heteroatoms.